The van der Waals surface area contributed by atoms with Gasteiger partial charge in [0.2, 0.25) is 0 Å². The van der Waals surface area contributed by atoms with Gasteiger partial charge in [-0.15, -0.1) is 0 Å². The molecule has 4 nitrogen and oxygen atoms in total. The lowest BCUT2D eigenvalue weighted by molar-refractivity contribution is -0.0495. The van der Waals surface area contributed by atoms with Gasteiger partial charge in [-0.1, -0.05) is 0 Å². The van der Waals surface area contributed by atoms with Gasteiger partial charge in [0, 0.05) is 19.1 Å². The predicted octanol–water partition coefficient (Wildman–Crippen LogP) is -0.0535. The molecule has 0 spiro atoms. The second-order valence-electron chi connectivity index (χ2n) is 3.68. The number of ether oxygens (including phenoxy) is 1. The molecule has 0 aromatic heterocycles. The first-order valence-corrected chi connectivity index (χ1v) is 4.64. The molecule has 0 radical (unpaired) electrons. The predicted molar refractivity (Wildman–Crippen MR) is 50.0 cm³/mol. The summed E-state index contributed by atoms with van der Waals surface area (Å²) in [6, 6.07) is 2.03. The van der Waals surface area contributed by atoms with Crippen molar-refractivity contribution in [2.45, 2.75) is 32.0 Å². The number of nitrogens with two attached hydrogens (primary N) is 1. The molecule has 0 amide bonds. The zero-order chi connectivity index (χ0) is 9.84. The van der Waals surface area contributed by atoms with Crippen LogP contribution < -0.4 is 5.73 Å². The van der Waals surface area contributed by atoms with E-state index in [9.17, 15) is 0 Å². The van der Waals surface area contributed by atoms with E-state index in [4.69, 9.17) is 15.7 Å². The minimum absolute atomic E-state index is 0.252. The Kier molecular flexibility index (Phi) is 3.67. The molecule has 1 aliphatic rings. The maximum Gasteiger partial charge on any atom is 0.106 e. The van der Waals surface area contributed by atoms with Crippen LogP contribution in [0.2, 0.25) is 0 Å². The summed E-state index contributed by atoms with van der Waals surface area (Å²) >= 11 is 0. The SMILES string of the molecule is CC1CN(CC(N)C#N)C(C)CO1. The van der Waals surface area contributed by atoms with E-state index in [-0.39, 0.29) is 12.1 Å². The summed E-state index contributed by atoms with van der Waals surface area (Å²) in [5.41, 5.74) is 5.57. The first kappa shape index (κ1) is 10.5. The molecule has 2 N–H and O–H groups in total. The molecular formula is C9H17N3O. The monoisotopic (exact) mass is 183 g/mol. The van der Waals surface area contributed by atoms with Crippen molar-refractivity contribution < 1.29 is 4.74 Å². The molecular weight excluding hydrogens is 166 g/mol. The summed E-state index contributed by atoms with van der Waals surface area (Å²) in [4.78, 5) is 2.21. The average molecular weight is 183 g/mol. The lowest BCUT2D eigenvalue weighted by atomic mass is 10.2. The Balaban J connectivity index is 2.42. The second-order valence-corrected chi connectivity index (χ2v) is 3.68. The summed E-state index contributed by atoms with van der Waals surface area (Å²) in [6.45, 7) is 6.38. The van der Waals surface area contributed by atoms with Crippen molar-refractivity contribution >= 4 is 0 Å². The van der Waals surface area contributed by atoms with Crippen LogP contribution in [0, 0.1) is 11.3 Å². The molecule has 1 fully saturated rings. The Bertz CT molecular complexity index is 202. The van der Waals surface area contributed by atoms with Crippen LogP contribution in [0.25, 0.3) is 0 Å². The molecule has 0 bridgehead atoms. The minimum atomic E-state index is -0.382. The van der Waals surface area contributed by atoms with Gasteiger partial charge in [0.15, 0.2) is 0 Å². The molecule has 3 unspecified atom stereocenters. The van der Waals surface area contributed by atoms with Crippen molar-refractivity contribution in [2.24, 2.45) is 5.73 Å². The zero-order valence-corrected chi connectivity index (χ0v) is 8.23. The van der Waals surface area contributed by atoms with Crippen LogP contribution in [-0.4, -0.2) is 42.8 Å². The highest BCUT2D eigenvalue weighted by Gasteiger charge is 2.24. The molecule has 13 heavy (non-hydrogen) atoms. The fourth-order valence-corrected chi connectivity index (χ4v) is 1.52. The third-order valence-electron chi connectivity index (χ3n) is 2.33. The highest BCUT2D eigenvalue weighted by atomic mass is 16.5. The molecule has 1 aliphatic heterocycles. The van der Waals surface area contributed by atoms with Crippen molar-refractivity contribution in [3.63, 3.8) is 0 Å². The number of morpholine rings is 1. The molecule has 74 valence electrons. The summed E-state index contributed by atoms with van der Waals surface area (Å²) in [5, 5.41) is 8.58. The van der Waals surface area contributed by atoms with E-state index in [0.717, 1.165) is 13.2 Å². The van der Waals surface area contributed by atoms with Crippen LogP contribution >= 0.6 is 0 Å². The lowest BCUT2D eigenvalue weighted by Crippen LogP contribution is -2.51. The van der Waals surface area contributed by atoms with Gasteiger partial charge in [-0.2, -0.15) is 5.26 Å². The molecule has 0 saturated carbocycles. The molecule has 1 heterocycles. The Hall–Kier alpha value is -0.630. The topological polar surface area (TPSA) is 62.3 Å². The quantitative estimate of drug-likeness (QED) is 0.652. The molecule has 0 aromatic carbocycles. The number of nitrogens with zero attached hydrogens (tertiary/aromatic N) is 2. The van der Waals surface area contributed by atoms with Crippen LogP contribution in [0.5, 0.6) is 0 Å². The Labute approximate surface area is 79.3 Å². The Morgan fingerprint density at radius 1 is 1.69 bits per heavy atom. The number of nitriles is 1. The molecule has 1 saturated heterocycles. The van der Waals surface area contributed by atoms with Gasteiger partial charge in [0.1, 0.15) is 6.04 Å². The molecule has 3 atom stereocenters. The average Bonchev–Trinajstić information content (AvgIpc) is 2.11. The molecule has 0 aliphatic carbocycles. The van der Waals surface area contributed by atoms with Gasteiger partial charge in [0.25, 0.3) is 0 Å². The van der Waals surface area contributed by atoms with E-state index >= 15 is 0 Å². The molecule has 1 rings (SSSR count). The standard InChI is InChI=1S/C9H17N3O/c1-7-6-13-8(2)4-12(7)5-9(11)3-10/h7-9H,4-6,11H2,1-2H3. The van der Waals surface area contributed by atoms with E-state index in [1.165, 1.54) is 0 Å². The number of hydrogen-bond acceptors (Lipinski definition) is 4. The summed E-state index contributed by atoms with van der Waals surface area (Å²) in [5.74, 6) is 0. The van der Waals surface area contributed by atoms with Crippen LogP contribution in [-0.2, 0) is 4.74 Å². The first-order valence-electron chi connectivity index (χ1n) is 4.64. The normalized spacial score (nSPS) is 32.5. The first-order chi connectivity index (χ1) is 6.13. The summed E-state index contributed by atoms with van der Waals surface area (Å²) in [6.07, 6.45) is 0.252. The van der Waals surface area contributed by atoms with E-state index in [2.05, 4.69) is 11.8 Å². The van der Waals surface area contributed by atoms with Gasteiger partial charge in [0.05, 0.1) is 18.8 Å². The maximum absolute atomic E-state index is 8.58. The number of hydrogen-bond donors (Lipinski definition) is 1. The zero-order valence-electron chi connectivity index (χ0n) is 8.23. The van der Waals surface area contributed by atoms with Crippen LogP contribution in [0.4, 0.5) is 0 Å². The summed E-state index contributed by atoms with van der Waals surface area (Å²) < 4.78 is 5.47. The van der Waals surface area contributed by atoms with E-state index < -0.39 is 0 Å². The van der Waals surface area contributed by atoms with E-state index in [0.29, 0.717) is 12.6 Å². The van der Waals surface area contributed by atoms with Gasteiger partial charge in [-0.25, -0.2) is 0 Å². The second kappa shape index (κ2) is 4.56. The van der Waals surface area contributed by atoms with Crippen LogP contribution in [0.1, 0.15) is 13.8 Å². The highest BCUT2D eigenvalue weighted by molar-refractivity contribution is 4.91. The van der Waals surface area contributed by atoms with Crippen molar-refractivity contribution in [1.29, 1.82) is 5.26 Å². The van der Waals surface area contributed by atoms with E-state index in [1.54, 1.807) is 0 Å². The van der Waals surface area contributed by atoms with Crippen LogP contribution in [0.3, 0.4) is 0 Å². The van der Waals surface area contributed by atoms with Crippen molar-refractivity contribution in [1.82, 2.24) is 4.90 Å². The van der Waals surface area contributed by atoms with E-state index in [1.807, 2.05) is 13.0 Å². The minimum Gasteiger partial charge on any atom is -0.376 e. The van der Waals surface area contributed by atoms with Crippen molar-refractivity contribution in [3.05, 3.63) is 0 Å². The highest BCUT2D eigenvalue weighted by Crippen LogP contribution is 2.10. The van der Waals surface area contributed by atoms with Crippen molar-refractivity contribution in [3.8, 4) is 6.07 Å². The third-order valence-corrected chi connectivity index (χ3v) is 2.33. The van der Waals surface area contributed by atoms with Gasteiger partial charge >= 0.3 is 0 Å². The van der Waals surface area contributed by atoms with Gasteiger partial charge in [-0.05, 0) is 13.8 Å². The Morgan fingerprint density at radius 2 is 2.38 bits per heavy atom. The summed E-state index contributed by atoms with van der Waals surface area (Å²) in [7, 11) is 0. The molecule has 4 heteroatoms. The lowest BCUT2D eigenvalue weighted by Gasteiger charge is -2.37. The van der Waals surface area contributed by atoms with Gasteiger partial charge in [-0.3, -0.25) is 4.90 Å². The fourth-order valence-electron chi connectivity index (χ4n) is 1.52. The largest absolute Gasteiger partial charge is 0.376 e. The smallest absolute Gasteiger partial charge is 0.106 e. The maximum atomic E-state index is 8.58. The van der Waals surface area contributed by atoms with Crippen molar-refractivity contribution in [2.75, 3.05) is 19.7 Å². The van der Waals surface area contributed by atoms with Crippen LogP contribution in [0.15, 0.2) is 0 Å². The van der Waals surface area contributed by atoms with Gasteiger partial charge < -0.3 is 10.5 Å². The number of rotatable bonds is 2. The third kappa shape index (κ3) is 2.96. The Morgan fingerprint density at radius 3 is 3.00 bits per heavy atom. The molecule has 0 aromatic rings. The fraction of sp³-hybridized carbons (Fsp3) is 0.889.